The van der Waals surface area contributed by atoms with E-state index in [9.17, 15) is 9.90 Å². The monoisotopic (exact) mass is 331 g/mol. The number of carbonyl (C=O) groups is 1. The van der Waals surface area contributed by atoms with Gasteiger partial charge < -0.3 is 10.0 Å². The maximum absolute atomic E-state index is 11.7. The van der Waals surface area contributed by atoms with Crippen LogP contribution in [0.25, 0.3) is 0 Å². The first kappa shape index (κ1) is 15.8. The lowest BCUT2D eigenvalue weighted by Crippen LogP contribution is -2.49. The number of halogens is 1. The Morgan fingerprint density at radius 3 is 2.22 bits per heavy atom. The summed E-state index contributed by atoms with van der Waals surface area (Å²) in [6, 6.07) is 10.7. The van der Waals surface area contributed by atoms with Gasteiger partial charge in [-0.25, -0.2) is 0 Å². The Bertz CT molecular complexity index is 655. The summed E-state index contributed by atoms with van der Waals surface area (Å²) in [7, 11) is 0. The summed E-state index contributed by atoms with van der Waals surface area (Å²) in [5.74, 6) is -0.823. The van der Waals surface area contributed by atoms with Crippen LogP contribution in [0.15, 0.2) is 48.8 Å². The molecule has 0 amide bonds. The summed E-state index contributed by atoms with van der Waals surface area (Å²) in [4.78, 5) is 19.9. The van der Waals surface area contributed by atoms with Crippen LogP contribution >= 0.6 is 11.6 Å². The number of hydrogen-bond donors (Lipinski definition) is 1. The molecule has 2 heterocycles. The number of rotatable bonds is 4. The van der Waals surface area contributed by atoms with Gasteiger partial charge in [0.1, 0.15) is 6.04 Å². The van der Waals surface area contributed by atoms with E-state index < -0.39 is 12.0 Å². The van der Waals surface area contributed by atoms with Gasteiger partial charge in [-0.2, -0.15) is 0 Å². The summed E-state index contributed by atoms with van der Waals surface area (Å²) in [6.45, 7) is 2.97. The number of carboxylic acids is 1. The second kappa shape index (κ2) is 6.98. The van der Waals surface area contributed by atoms with Crippen molar-refractivity contribution >= 4 is 23.3 Å². The van der Waals surface area contributed by atoms with Crippen LogP contribution in [0, 0.1) is 0 Å². The van der Waals surface area contributed by atoms with E-state index in [4.69, 9.17) is 11.6 Å². The Balaban J connectivity index is 1.69. The maximum Gasteiger partial charge on any atom is 0.325 e. The molecule has 0 bridgehead atoms. The van der Waals surface area contributed by atoms with E-state index in [1.807, 2.05) is 29.2 Å². The molecule has 0 aliphatic carbocycles. The van der Waals surface area contributed by atoms with Crippen LogP contribution in [0.3, 0.4) is 0 Å². The fourth-order valence-electron chi connectivity index (χ4n) is 2.95. The van der Waals surface area contributed by atoms with Crippen LogP contribution in [0.5, 0.6) is 0 Å². The largest absolute Gasteiger partial charge is 0.480 e. The van der Waals surface area contributed by atoms with Gasteiger partial charge in [0, 0.05) is 49.3 Å². The van der Waals surface area contributed by atoms with Crippen molar-refractivity contribution in [2.75, 3.05) is 31.1 Å². The molecule has 1 aliphatic heterocycles. The van der Waals surface area contributed by atoms with Crippen molar-refractivity contribution in [2.45, 2.75) is 6.04 Å². The molecule has 2 aromatic rings. The molecule has 0 saturated carbocycles. The van der Waals surface area contributed by atoms with Crippen LogP contribution < -0.4 is 4.90 Å². The molecular formula is C17H18ClN3O2. The molecule has 23 heavy (non-hydrogen) atoms. The van der Waals surface area contributed by atoms with Gasteiger partial charge >= 0.3 is 5.97 Å². The topological polar surface area (TPSA) is 56.7 Å². The average molecular weight is 332 g/mol. The zero-order valence-corrected chi connectivity index (χ0v) is 13.4. The summed E-state index contributed by atoms with van der Waals surface area (Å²) < 4.78 is 0. The highest BCUT2D eigenvalue weighted by molar-refractivity contribution is 6.30. The molecule has 0 radical (unpaired) electrons. The first-order valence-corrected chi connectivity index (χ1v) is 7.90. The maximum atomic E-state index is 11.7. The van der Waals surface area contributed by atoms with Crippen LogP contribution in [-0.4, -0.2) is 47.1 Å². The Morgan fingerprint density at radius 2 is 1.65 bits per heavy atom. The lowest BCUT2D eigenvalue weighted by atomic mass is 10.1. The first-order chi connectivity index (χ1) is 11.1. The third kappa shape index (κ3) is 3.63. The zero-order chi connectivity index (χ0) is 16.2. The highest BCUT2D eigenvalue weighted by Gasteiger charge is 2.30. The van der Waals surface area contributed by atoms with Gasteiger partial charge in [0.25, 0.3) is 0 Å². The number of anilines is 1. The molecule has 1 saturated heterocycles. The molecule has 1 atom stereocenters. The zero-order valence-electron chi connectivity index (χ0n) is 12.6. The summed E-state index contributed by atoms with van der Waals surface area (Å²) in [6.07, 6.45) is 3.27. The van der Waals surface area contributed by atoms with Crippen molar-refractivity contribution in [1.29, 1.82) is 0 Å². The minimum Gasteiger partial charge on any atom is -0.480 e. The van der Waals surface area contributed by atoms with Crippen molar-refractivity contribution in [1.82, 2.24) is 9.88 Å². The molecule has 6 heteroatoms. The molecule has 1 aromatic heterocycles. The predicted molar refractivity (Wildman–Crippen MR) is 89.9 cm³/mol. The molecule has 1 aromatic carbocycles. The molecule has 1 aliphatic rings. The SMILES string of the molecule is O=C(O)[C@H](c1ccncc1)N1CCN(c2ccc(Cl)cc2)CC1. The van der Waals surface area contributed by atoms with Crippen molar-refractivity contribution in [3.05, 3.63) is 59.4 Å². The van der Waals surface area contributed by atoms with Gasteiger partial charge in [-0.05, 0) is 42.0 Å². The molecule has 0 unspecified atom stereocenters. The van der Waals surface area contributed by atoms with E-state index in [2.05, 4.69) is 9.88 Å². The van der Waals surface area contributed by atoms with Gasteiger partial charge in [0.15, 0.2) is 0 Å². The number of piperazine rings is 1. The van der Waals surface area contributed by atoms with E-state index in [0.717, 1.165) is 29.4 Å². The number of carboxylic acid groups (broad SMARTS) is 1. The molecule has 1 N–H and O–H groups in total. The average Bonchev–Trinajstić information content (AvgIpc) is 2.57. The summed E-state index contributed by atoms with van der Waals surface area (Å²) in [5, 5.41) is 10.3. The molecular weight excluding hydrogens is 314 g/mol. The third-order valence-corrected chi connectivity index (χ3v) is 4.38. The van der Waals surface area contributed by atoms with E-state index in [1.165, 1.54) is 0 Å². The number of hydrogen-bond acceptors (Lipinski definition) is 4. The minimum absolute atomic E-state index is 0.620. The van der Waals surface area contributed by atoms with E-state index in [-0.39, 0.29) is 0 Å². The van der Waals surface area contributed by atoms with Crippen molar-refractivity contribution in [2.24, 2.45) is 0 Å². The fraction of sp³-hybridized carbons (Fsp3) is 0.294. The van der Waals surface area contributed by atoms with Gasteiger partial charge in [-0.1, -0.05) is 11.6 Å². The van der Waals surface area contributed by atoms with Crippen molar-refractivity contribution in [3.63, 3.8) is 0 Å². The standard InChI is InChI=1S/C17H18ClN3O2/c18-14-1-3-15(4-2-14)20-9-11-21(12-10-20)16(17(22)23)13-5-7-19-8-6-13/h1-8,16H,9-12H2,(H,22,23)/t16-/m0/s1. The normalized spacial score (nSPS) is 17.0. The first-order valence-electron chi connectivity index (χ1n) is 7.52. The molecule has 120 valence electrons. The molecule has 3 rings (SSSR count). The highest BCUT2D eigenvalue weighted by atomic mass is 35.5. The van der Waals surface area contributed by atoms with E-state index in [0.29, 0.717) is 13.1 Å². The Morgan fingerprint density at radius 1 is 1.04 bits per heavy atom. The molecule has 0 spiro atoms. The highest BCUT2D eigenvalue weighted by Crippen LogP contribution is 2.25. The Kier molecular flexibility index (Phi) is 4.79. The number of nitrogens with zero attached hydrogens (tertiary/aromatic N) is 3. The number of aliphatic carboxylic acids is 1. The van der Waals surface area contributed by atoms with Crippen LogP contribution in [0.4, 0.5) is 5.69 Å². The molecule has 1 fully saturated rings. The Hall–Kier alpha value is -2.11. The lowest BCUT2D eigenvalue weighted by molar-refractivity contribution is -0.143. The minimum atomic E-state index is -0.823. The lowest BCUT2D eigenvalue weighted by Gasteiger charge is -2.38. The van der Waals surface area contributed by atoms with Crippen LogP contribution in [0.2, 0.25) is 5.02 Å². The number of aromatic nitrogens is 1. The summed E-state index contributed by atoms with van der Waals surface area (Å²) in [5.41, 5.74) is 1.89. The van der Waals surface area contributed by atoms with Crippen molar-refractivity contribution in [3.8, 4) is 0 Å². The van der Waals surface area contributed by atoms with Gasteiger partial charge in [-0.3, -0.25) is 14.7 Å². The van der Waals surface area contributed by atoms with Crippen LogP contribution in [0.1, 0.15) is 11.6 Å². The smallest absolute Gasteiger partial charge is 0.325 e. The quantitative estimate of drug-likeness (QED) is 0.933. The van der Waals surface area contributed by atoms with Gasteiger partial charge in [0.05, 0.1) is 0 Å². The van der Waals surface area contributed by atoms with Gasteiger partial charge in [0.2, 0.25) is 0 Å². The van der Waals surface area contributed by atoms with E-state index >= 15 is 0 Å². The number of benzene rings is 1. The van der Waals surface area contributed by atoms with Gasteiger partial charge in [-0.15, -0.1) is 0 Å². The van der Waals surface area contributed by atoms with Crippen molar-refractivity contribution < 1.29 is 9.90 Å². The third-order valence-electron chi connectivity index (χ3n) is 4.13. The Labute approximate surface area is 140 Å². The molecule has 5 nitrogen and oxygen atoms in total. The fourth-order valence-corrected chi connectivity index (χ4v) is 3.07. The predicted octanol–water partition coefficient (Wildman–Crippen LogP) is 2.68. The van der Waals surface area contributed by atoms with E-state index in [1.54, 1.807) is 24.5 Å². The van der Waals surface area contributed by atoms with Crippen LogP contribution in [-0.2, 0) is 4.79 Å². The summed E-state index contributed by atoms with van der Waals surface area (Å²) >= 11 is 5.92. The number of pyridine rings is 1. The second-order valence-electron chi connectivity index (χ2n) is 5.52. The second-order valence-corrected chi connectivity index (χ2v) is 5.96.